The number of anilines is 3. The summed E-state index contributed by atoms with van der Waals surface area (Å²) in [5, 5.41) is 12.3. The number of nitrogens with one attached hydrogen (secondary N) is 1. The average molecular weight is 354 g/mol. The monoisotopic (exact) mass is 354 g/mol. The van der Waals surface area contributed by atoms with Crippen LogP contribution in [0, 0.1) is 6.92 Å². The summed E-state index contributed by atoms with van der Waals surface area (Å²) in [7, 11) is 1.74. The quantitative estimate of drug-likeness (QED) is 0.769. The molecule has 2 aromatic rings. The molecule has 1 aromatic carbocycles. The van der Waals surface area contributed by atoms with Crippen molar-refractivity contribution in [2.45, 2.75) is 6.92 Å². The molecule has 1 fully saturated rings. The van der Waals surface area contributed by atoms with Gasteiger partial charge in [-0.05, 0) is 31.2 Å². The first-order chi connectivity index (χ1) is 12.7. The lowest BCUT2D eigenvalue weighted by Crippen LogP contribution is -2.47. The van der Waals surface area contributed by atoms with Crippen LogP contribution < -0.4 is 10.2 Å². The van der Waals surface area contributed by atoms with Gasteiger partial charge in [-0.15, -0.1) is 0 Å². The van der Waals surface area contributed by atoms with Gasteiger partial charge in [0.2, 0.25) is 5.95 Å². The van der Waals surface area contributed by atoms with Crippen molar-refractivity contribution in [3.8, 4) is 0 Å². The van der Waals surface area contributed by atoms with Crippen molar-refractivity contribution < 1.29 is 5.11 Å². The Hall–Kier alpha value is -2.51. The smallest absolute Gasteiger partial charge is 0.227 e. The zero-order valence-electron chi connectivity index (χ0n) is 15.4. The maximum Gasteiger partial charge on any atom is 0.227 e. The fourth-order valence-corrected chi connectivity index (χ4v) is 3.06. The molecule has 26 heavy (non-hydrogen) atoms. The Morgan fingerprint density at radius 3 is 2.54 bits per heavy atom. The van der Waals surface area contributed by atoms with Crippen molar-refractivity contribution in [3.05, 3.63) is 41.7 Å². The van der Waals surface area contributed by atoms with Gasteiger partial charge >= 0.3 is 0 Å². The minimum Gasteiger partial charge on any atom is -0.395 e. The number of aromatic nitrogens is 2. The Morgan fingerprint density at radius 2 is 1.92 bits per heavy atom. The van der Waals surface area contributed by atoms with Crippen LogP contribution in [0.4, 0.5) is 17.3 Å². The van der Waals surface area contributed by atoms with E-state index < -0.39 is 0 Å². The first-order valence-corrected chi connectivity index (χ1v) is 8.90. The molecule has 0 aliphatic carbocycles. The van der Waals surface area contributed by atoms with E-state index in [1.807, 2.05) is 6.92 Å². The number of hydrogen-bond donors (Lipinski definition) is 2. The summed E-state index contributed by atoms with van der Waals surface area (Å²) in [5.74, 6) is 0.584. The van der Waals surface area contributed by atoms with Gasteiger partial charge in [0.05, 0.1) is 12.3 Å². The van der Waals surface area contributed by atoms with Crippen molar-refractivity contribution >= 4 is 23.5 Å². The molecule has 7 nitrogen and oxygen atoms in total. The van der Waals surface area contributed by atoms with Crippen molar-refractivity contribution in [2.75, 3.05) is 56.6 Å². The number of nitrogens with zero attached hydrogens (tertiary/aromatic N) is 5. The van der Waals surface area contributed by atoms with E-state index in [0.717, 1.165) is 49.7 Å². The van der Waals surface area contributed by atoms with Crippen molar-refractivity contribution in [3.63, 3.8) is 0 Å². The minimum atomic E-state index is 0.230. The summed E-state index contributed by atoms with van der Waals surface area (Å²) in [4.78, 5) is 17.5. The van der Waals surface area contributed by atoms with E-state index in [2.05, 4.69) is 54.3 Å². The predicted molar refractivity (Wildman–Crippen MR) is 106 cm³/mol. The summed E-state index contributed by atoms with van der Waals surface area (Å²) >= 11 is 0. The number of aryl methyl sites for hydroxylation is 1. The number of rotatable bonds is 6. The SMILES string of the molecule is CN=Cc1cnc(Nc2ccc(N3CCN(CCO)CC3)cc2)nc1C. The van der Waals surface area contributed by atoms with Gasteiger partial charge in [0.1, 0.15) is 0 Å². The first kappa shape index (κ1) is 18.3. The van der Waals surface area contributed by atoms with E-state index in [-0.39, 0.29) is 6.61 Å². The third-order valence-electron chi connectivity index (χ3n) is 4.56. The van der Waals surface area contributed by atoms with Crippen molar-refractivity contribution in [1.29, 1.82) is 0 Å². The predicted octanol–water partition coefficient (Wildman–Crippen LogP) is 1.69. The molecule has 0 atom stereocenters. The van der Waals surface area contributed by atoms with Crippen LogP contribution in [0.2, 0.25) is 0 Å². The molecule has 7 heteroatoms. The van der Waals surface area contributed by atoms with Gasteiger partial charge in [0, 0.05) is 69.1 Å². The van der Waals surface area contributed by atoms with Gasteiger partial charge in [-0.2, -0.15) is 0 Å². The second-order valence-corrected chi connectivity index (χ2v) is 6.35. The van der Waals surface area contributed by atoms with E-state index in [4.69, 9.17) is 5.11 Å². The number of hydrogen-bond acceptors (Lipinski definition) is 7. The second kappa shape index (κ2) is 8.73. The lowest BCUT2D eigenvalue weighted by Gasteiger charge is -2.35. The van der Waals surface area contributed by atoms with Crippen LogP contribution >= 0.6 is 0 Å². The number of β-amino-alcohol motifs (C(OH)–C–C–N with tert-alkyl or cyclic N) is 1. The van der Waals surface area contributed by atoms with Crippen molar-refractivity contribution in [2.24, 2.45) is 4.99 Å². The van der Waals surface area contributed by atoms with Crippen molar-refractivity contribution in [1.82, 2.24) is 14.9 Å². The average Bonchev–Trinajstić information content (AvgIpc) is 2.66. The Morgan fingerprint density at radius 1 is 1.19 bits per heavy atom. The Bertz CT molecular complexity index is 738. The van der Waals surface area contributed by atoms with E-state index in [9.17, 15) is 0 Å². The molecular formula is C19H26N6O. The highest BCUT2D eigenvalue weighted by atomic mass is 16.3. The third-order valence-corrected chi connectivity index (χ3v) is 4.56. The molecule has 0 bridgehead atoms. The molecule has 0 saturated carbocycles. The van der Waals surface area contributed by atoms with Crippen LogP contribution in [0.25, 0.3) is 0 Å². The van der Waals surface area contributed by atoms with E-state index in [1.165, 1.54) is 5.69 Å². The van der Waals surface area contributed by atoms with Gasteiger partial charge in [0.25, 0.3) is 0 Å². The molecule has 3 rings (SSSR count). The van der Waals surface area contributed by atoms with Gasteiger partial charge < -0.3 is 15.3 Å². The Kier molecular flexibility index (Phi) is 6.14. The van der Waals surface area contributed by atoms with Crippen LogP contribution in [0.3, 0.4) is 0 Å². The number of aliphatic hydroxyl groups is 1. The molecule has 1 saturated heterocycles. The topological polar surface area (TPSA) is 76.9 Å². The normalized spacial score (nSPS) is 15.6. The fraction of sp³-hybridized carbons (Fsp3) is 0.421. The van der Waals surface area contributed by atoms with Gasteiger partial charge in [-0.25, -0.2) is 9.97 Å². The highest BCUT2D eigenvalue weighted by Crippen LogP contribution is 2.21. The Balaban J connectivity index is 1.61. The van der Waals surface area contributed by atoms with Crippen LogP contribution in [0.1, 0.15) is 11.3 Å². The van der Waals surface area contributed by atoms with Gasteiger partial charge in [-0.1, -0.05) is 0 Å². The summed E-state index contributed by atoms with van der Waals surface area (Å²) in [6.07, 6.45) is 3.53. The van der Waals surface area contributed by atoms with Crippen LogP contribution in [-0.4, -0.2) is 72.6 Å². The highest BCUT2D eigenvalue weighted by molar-refractivity contribution is 5.80. The zero-order chi connectivity index (χ0) is 18.4. The van der Waals surface area contributed by atoms with Gasteiger partial charge in [0.15, 0.2) is 0 Å². The van der Waals surface area contributed by atoms with Gasteiger partial charge in [-0.3, -0.25) is 9.89 Å². The van der Waals surface area contributed by atoms with E-state index >= 15 is 0 Å². The Labute approximate surface area is 154 Å². The molecule has 0 radical (unpaired) electrons. The standard InChI is InChI=1S/C19H26N6O/c1-15-16(13-20-2)14-21-19(22-15)23-17-3-5-18(6-4-17)25-9-7-24(8-10-25)11-12-26/h3-6,13-14,26H,7-12H2,1-2H3,(H,21,22,23). The minimum absolute atomic E-state index is 0.230. The van der Waals surface area contributed by atoms with Crippen LogP contribution in [-0.2, 0) is 0 Å². The second-order valence-electron chi connectivity index (χ2n) is 6.35. The summed E-state index contributed by atoms with van der Waals surface area (Å²) in [6, 6.07) is 8.34. The first-order valence-electron chi connectivity index (χ1n) is 8.90. The number of aliphatic hydroxyl groups excluding tert-OH is 1. The zero-order valence-corrected chi connectivity index (χ0v) is 15.4. The fourth-order valence-electron chi connectivity index (χ4n) is 3.06. The molecule has 0 amide bonds. The number of piperazine rings is 1. The molecule has 1 aliphatic rings. The number of aliphatic imine (C=N–C) groups is 1. The summed E-state index contributed by atoms with van der Waals surface area (Å²) < 4.78 is 0. The summed E-state index contributed by atoms with van der Waals surface area (Å²) in [6.45, 7) is 6.88. The third kappa shape index (κ3) is 4.56. The molecule has 1 aliphatic heterocycles. The van der Waals surface area contributed by atoms with E-state index in [1.54, 1.807) is 19.5 Å². The molecule has 2 heterocycles. The largest absolute Gasteiger partial charge is 0.395 e. The molecule has 1 aromatic heterocycles. The lowest BCUT2D eigenvalue weighted by atomic mass is 10.2. The molecule has 0 spiro atoms. The highest BCUT2D eigenvalue weighted by Gasteiger charge is 2.16. The summed E-state index contributed by atoms with van der Waals surface area (Å²) in [5.41, 5.74) is 3.99. The van der Waals surface area contributed by atoms with Crippen LogP contribution in [0.5, 0.6) is 0 Å². The van der Waals surface area contributed by atoms with E-state index in [0.29, 0.717) is 5.95 Å². The number of benzene rings is 1. The maximum atomic E-state index is 9.03. The van der Waals surface area contributed by atoms with Crippen LogP contribution in [0.15, 0.2) is 35.5 Å². The maximum absolute atomic E-state index is 9.03. The molecule has 138 valence electrons. The molecule has 2 N–H and O–H groups in total. The molecular weight excluding hydrogens is 328 g/mol. The molecule has 0 unspecified atom stereocenters. The lowest BCUT2D eigenvalue weighted by molar-refractivity contribution is 0.189.